The molecule has 1 aliphatic heterocycles. The minimum Gasteiger partial charge on any atom is -0.356 e. The van der Waals surface area contributed by atoms with Crippen LogP contribution in [-0.4, -0.2) is 47.3 Å². The molecule has 2 heterocycles. The van der Waals surface area contributed by atoms with Crippen molar-refractivity contribution in [2.75, 3.05) is 26.7 Å². The van der Waals surface area contributed by atoms with E-state index in [2.05, 4.69) is 40.4 Å². The van der Waals surface area contributed by atoms with E-state index in [1.54, 1.807) is 0 Å². The molecule has 0 bridgehead atoms. The van der Waals surface area contributed by atoms with Crippen molar-refractivity contribution >= 4 is 5.96 Å². The third-order valence-electron chi connectivity index (χ3n) is 3.87. The second-order valence-electron chi connectivity index (χ2n) is 6.44. The minimum atomic E-state index is 0.410. The van der Waals surface area contributed by atoms with Gasteiger partial charge < -0.3 is 10.2 Å². The third-order valence-corrected chi connectivity index (χ3v) is 3.87. The molecule has 1 aromatic heterocycles. The van der Waals surface area contributed by atoms with E-state index in [-0.39, 0.29) is 0 Å². The summed E-state index contributed by atoms with van der Waals surface area (Å²) in [6.07, 6.45) is 7.42. The van der Waals surface area contributed by atoms with Crippen molar-refractivity contribution < 1.29 is 0 Å². The van der Waals surface area contributed by atoms with E-state index in [1.807, 2.05) is 25.0 Å². The second-order valence-corrected chi connectivity index (χ2v) is 6.44. The zero-order chi connectivity index (χ0) is 14.6. The molecular weight excluding hydrogens is 250 g/mol. The molecule has 112 valence electrons. The van der Waals surface area contributed by atoms with Crippen molar-refractivity contribution in [1.29, 1.82) is 0 Å². The van der Waals surface area contributed by atoms with Crippen LogP contribution in [-0.2, 0) is 13.5 Å². The average molecular weight is 277 g/mol. The summed E-state index contributed by atoms with van der Waals surface area (Å²) in [6.45, 7) is 7.80. The van der Waals surface area contributed by atoms with Crippen LogP contribution in [0.2, 0.25) is 0 Å². The smallest absolute Gasteiger partial charge is 0.193 e. The number of hydrogen-bond donors (Lipinski definition) is 1. The predicted molar refractivity (Wildman–Crippen MR) is 82.9 cm³/mol. The van der Waals surface area contributed by atoms with Gasteiger partial charge in [-0.25, -0.2) is 0 Å². The van der Waals surface area contributed by atoms with Crippen LogP contribution < -0.4 is 5.32 Å². The Hall–Kier alpha value is -1.52. The lowest BCUT2D eigenvalue weighted by molar-refractivity contribution is 0.370. The summed E-state index contributed by atoms with van der Waals surface area (Å²) >= 11 is 0. The van der Waals surface area contributed by atoms with Gasteiger partial charge in [0, 0.05) is 39.9 Å². The molecule has 0 aliphatic carbocycles. The van der Waals surface area contributed by atoms with Crippen molar-refractivity contribution in [2.45, 2.75) is 33.1 Å². The van der Waals surface area contributed by atoms with Gasteiger partial charge in [-0.1, -0.05) is 13.8 Å². The highest BCUT2D eigenvalue weighted by molar-refractivity contribution is 5.80. The van der Waals surface area contributed by atoms with Crippen molar-refractivity contribution in [2.24, 2.45) is 17.5 Å². The fourth-order valence-electron chi connectivity index (χ4n) is 2.72. The molecule has 5 heteroatoms. The third kappa shape index (κ3) is 3.99. The maximum atomic E-state index is 4.40. The van der Waals surface area contributed by atoms with Crippen LogP contribution in [0.5, 0.6) is 0 Å². The molecule has 0 saturated carbocycles. The molecule has 0 radical (unpaired) electrons. The van der Waals surface area contributed by atoms with Gasteiger partial charge in [0.1, 0.15) is 0 Å². The molecule has 0 atom stereocenters. The molecule has 1 aromatic rings. The summed E-state index contributed by atoms with van der Waals surface area (Å²) in [5.74, 6) is 1.04. The summed E-state index contributed by atoms with van der Waals surface area (Å²) in [5, 5.41) is 7.66. The van der Waals surface area contributed by atoms with Crippen molar-refractivity contribution in [3.05, 3.63) is 18.0 Å². The Morgan fingerprint density at radius 2 is 2.30 bits per heavy atom. The molecular formula is C15H27N5. The van der Waals surface area contributed by atoms with Gasteiger partial charge in [-0.3, -0.25) is 9.67 Å². The van der Waals surface area contributed by atoms with Crippen molar-refractivity contribution in [3.8, 4) is 0 Å². The molecule has 0 spiro atoms. The van der Waals surface area contributed by atoms with Crippen LogP contribution in [0.1, 0.15) is 32.3 Å². The maximum absolute atomic E-state index is 4.40. The highest BCUT2D eigenvalue weighted by Gasteiger charge is 2.30. The van der Waals surface area contributed by atoms with Crippen LogP contribution in [0.25, 0.3) is 0 Å². The second kappa shape index (κ2) is 6.29. The highest BCUT2D eigenvalue weighted by atomic mass is 15.3. The molecule has 0 aromatic carbocycles. The molecule has 1 N–H and O–H groups in total. The lowest BCUT2D eigenvalue weighted by Gasteiger charge is -2.23. The summed E-state index contributed by atoms with van der Waals surface area (Å²) in [5.41, 5.74) is 1.71. The predicted octanol–water partition coefficient (Wildman–Crippen LogP) is 1.66. The number of hydrogen-bond acceptors (Lipinski definition) is 2. The molecule has 20 heavy (non-hydrogen) atoms. The summed E-state index contributed by atoms with van der Waals surface area (Å²) in [4.78, 5) is 6.76. The van der Waals surface area contributed by atoms with Gasteiger partial charge in [0.2, 0.25) is 0 Å². The van der Waals surface area contributed by atoms with E-state index in [0.717, 1.165) is 38.4 Å². The van der Waals surface area contributed by atoms with Gasteiger partial charge in [0.05, 0.1) is 6.20 Å². The minimum absolute atomic E-state index is 0.410. The number of aliphatic imine (C=N–C) groups is 1. The fourth-order valence-corrected chi connectivity index (χ4v) is 2.72. The van der Waals surface area contributed by atoms with Gasteiger partial charge in [0.15, 0.2) is 5.96 Å². The van der Waals surface area contributed by atoms with E-state index in [9.17, 15) is 0 Å². The van der Waals surface area contributed by atoms with E-state index in [4.69, 9.17) is 0 Å². The van der Waals surface area contributed by atoms with Crippen LogP contribution in [0, 0.1) is 5.41 Å². The van der Waals surface area contributed by atoms with Crippen molar-refractivity contribution in [1.82, 2.24) is 20.0 Å². The molecule has 0 amide bonds. The van der Waals surface area contributed by atoms with E-state index in [0.29, 0.717) is 5.41 Å². The number of guanidine groups is 1. The first kappa shape index (κ1) is 14.9. The molecule has 2 rings (SSSR count). The van der Waals surface area contributed by atoms with Gasteiger partial charge in [0.25, 0.3) is 0 Å². The van der Waals surface area contributed by atoms with Gasteiger partial charge in [-0.2, -0.15) is 5.10 Å². The van der Waals surface area contributed by atoms with Gasteiger partial charge in [-0.15, -0.1) is 0 Å². The zero-order valence-electron chi connectivity index (χ0n) is 13.2. The van der Waals surface area contributed by atoms with Crippen LogP contribution in [0.3, 0.4) is 0 Å². The zero-order valence-corrected chi connectivity index (χ0v) is 13.2. The normalized spacial score (nSPS) is 18.6. The Balaban J connectivity index is 1.72. The van der Waals surface area contributed by atoms with Gasteiger partial charge >= 0.3 is 0 Å². The van der Waals surface area contributed by atoms with E-state index < -0.39 is 0 Å². The SMILES string of the molecule is CN=C(NCCCc1cnn(C)c1)N1CCC(C)(C)C1. The first-order valence-electron chi connectivity index (χ1n) is 7.43. The number of likely N-dealkylation sites (tertiary alicyclic amines) is 1. The standard InChI is InChI=1S/C15H27N5/c1-15(2)7-9-20(12-15)14(16-3)17-8-5-6-13-10-18-19(4)11-13/h10-11H,5-9,12H2,1-4H3,(H,16,17). The Kier molecular flexibility index (Phi) is 4.68. The van der Waals surface area contributed by atoms with E-state index in [1.165, 1.54) is 12.0 Å². The molecule has 1 aliphatic rings. The Morgan fingerprint density at radius 3 is 2.85 bits per heavy atom. The Morgan fingerprint density at radius 1 is 1.50 bits per heavy atom. The number of aromatic nitrogens is 2. The van der Waals surface area contributed by atoms with Crippen LogP contribution in [0.4, 0.5) is 0 Å². The fraction of sp³-hybridized carbons (Fsp3) is 0.733. The monoisotopic (exact) mass is 277 g/mol. The average Bonchev–Trinajstić information content (AvgIpc) is 2.95. The number of nitrogens with one attached hydrogen (secondary N) is 1. The maximum Gasteiger partial charge on any atom is 0.193 e. The Bertz CT molecular complexity index is 461. The first-order chi connectivity index (χ1) is 9.50. The van der Waals surface area contributed by atoms with Crippen LogP contribution >= 0.6 is 0 Å². The molecule has 0 unspecified atom stereocenters. The summed E-state index contributed by atoms with van der Waals surface area (Å²) < 4.78 is 1.86. The number of nitrogens with zero attached hydrogens (tertiary/aromatic N) is 4. The lowest BCUT2D eigenvalue weighted by atomic mass is 9.93. The molecule has 1 saturated heterocycles. The highest BCUT2D eigenvalue weighted by Crippen LogP contribution is 2.28. The quantitative estimate of drug-likeness (QED) is 0.517. The Labute approximate surface area is 122 Å². The summed E-state index contributed by atoms with van der Waals surface area (Å²) in [6, 6.07) is 0. The molecule has 5 nitrogen and oxygen atoms in total. The summed E-state index contributed by atoms with van der Waals surface area (Å²) in [7, 11) is 3.83. The lowest BCUT2D eigenvalue weighted by Crippen LogP contribution is -2.41. The first-order valence-corrected chi connectivity index (χ1v) is 7.43. The van der Waals surface area contributed by atoms with Gasteiger partial charge in [-0.05, 0) is 30.2 Å². The number of rotatable bonds is 4. The largest absolute Gasteiger partial charge is 0.356 e. The number of aryl methyl sites for hydroxylation is 2. The topological polar surface area (TPSA) is 45.5 Å². The van der Waals surface area contributed by atoms with Crippen LogP contribution in [0.15, 0.2) is 17.4 Å². The van der Waals surface area contributed by atoms with E-state index >= 15 is 0 Å². The molecule has 1 fully saturated rings. The van der Waals surface area contributed by atoms with Crippen molar-refractivity contribution in [3.63, 3.8) is 0 Å².